The van der Waals surface area contributed by atoms with E-state index < -0.39 is 29.4 Å². The van der Waals surface area contributed by atoms with Crippen molar-refractivity contribution in [2.75, 3.05) is 7.11 Å². The highest BCUT2D eigenvalue weighted by Crippen LogP contribution is 2.34. The van der Waals surface area contributed by atoms with E-state index in [1.807, 2.05) is 0 Å². The summed E-state index contributed by atoms with van der Waals surface area (Å²) in [5.74, 6) is -1.30. The predicted molar refractivity (Wildman–Crippen MR) is 95.8 cm³/mol. The van der Waals surface area contributed by atoms with E-state index in [1.165, 1.54) is 31.4 Å². The average molecular weight is 371 g/mol. The fourth-order valence-corrected chi connectivity index (χ4v) is 2.77. The van der Waals surface area contributed by atoms with Crippen molar-refractivity contribution in [3.05, 3.63) is 65.0 Å². The number of aliphatic imine (C=N–C) groups is 1. The molecule has 3 rings (SSSR count). The van der Waals surface area contributed by atoms with Crippen LogP contribution in [0.5, 0.6) is 5.75 Å². The molecule has 0 aromatic heterocycles. The minimum atomic E-state index is -1.22. The zero-order valence-corrected chi connectivity index (χ0v) is 15.0. The zero-order valence-electron chi connectivity index (χ0n) is 15.0. The summed E-state index contributed by atoms with van der Waals surface area (Å²) in [5, 5.41) is 10.7. The summed E-state index contributed by atoms with van der Waals surface area (Å²) in [5.41, 5.74) is -0.247. The molecule has 1 N–H and O–H groups in total. The molecule has 1 heterocycles. The summed E-state index contributed by atoms with van der Waals surface area (Å²) in [6.45, 7) is 3.32. The van der Waals surface area contributed by atoms with Crippen molar-refractivity contribution in [2.45, 2.75) is 25.6 Å². The van der Waals surface area contributed by atoms with Gasteiger partial charge in [-0.1, -0.05) is 0 Å². The zero-order chi connectivity index (χ0) is 19.8. The van der Waals surface area contributed by atoms with Gasteiger partial charge in [-0.2, -0.15) is 0 Å². The molecule has 6 nitrogen and oxygen atoms in total. The molecular weight excluding hydrogens is 353 g/mol. The van der Waals surface area contributed by atoms with Gasteiger partial charge in [0, 0.05) is 11.1 Å². The third-order valence-electron chi connectivity index (χ3n) is 4.28. The van der Waals surface area contributed by atoms with Gasteiger partial charge in [-0.15, -0.1) is 0 Å². The van der Waals surface area contributed by atoms with Gasteiger partial charge in [-0.25, -0.2) is 14.2 Å². The molecule has 140 valence electrons. The van der Waals surface area contributed by atoms with E-state index in [-0.39, 0.29) is 16.8 Å². The van der Waals surface area contributed by atoms with Gasteiger partial charge < -0.3 is 14.6 Å². The van der Waals surface area contributed by atoms with Gasteiger partial charge in [0.15, 0.2) is 0 Å². The number of methoxy groups -OCH3 is 1. The first-order chi connectivity index (χ1) is 12.7. The maximum Gasteiger partial charge on any atom is 0.337 e. The van der Waals surface area contributed by atoms with E-state index in [1.54, 1.807) is 19.9 Å². The number of esters is 1. The fraction of sp³-hybridized carbons (Fsp3) is 0.250. The molecule has 7 heteroatoms. The van der Waals surface area contributed by atoms with Crippen LogP contribution in [0.2, 0.25) is 0 Å². The number of ether oxygens (including phenoxy) is 2. The largest absolute Gasteiger partial charge is 0.484 e. The molecule has 2 aromatic rings. The van der Waals surface area contributed by atoms with E-state index >= 15 is 0 Å². The Morgan fingerprint density at radius 3 is 2.41 bits per heavy atom. The maximum absolute atomic E-state index is 13.1. The number of amides is 1. The number of carbonyl (C=O) groups excluding carboxylic acids is 2. The van der Waals surface area contributed by atoms with Gasteiger partial charge in [-0.3, -0.25) is 4.79 Å². The van der Waals surface area contributed by atoms with Gasteiger partial charge in [-0.05, 0) is 56.3 Å². The lowest BCUT2D eigenvalue weighted by atomic mass is 9.88. The minimum absolute atomic E-state index is 0.0707. The third kappa shape index (κ3) is 3.59. The number of hydrogen-bond acceptors (Lipinski definition) is 5. The molecular formula is C20H18FNO5. The normalized spacial score (nSPS) is 19.1. The third-order valence-corrected chi connectivity index (χ3v) is 4.28. The fourth-order valence-electron chi connectivity index (χ4n) is 2.77. The summed E-state index contributed by atoms with van der Waals surface area (Å²) in [6.07, 6.45) is -1.22. The van der Waals surface area contributed by atoms with Crippen LogP contribution in [0.25, 0.3) is 0 Å². The summed E-state index contributed by atoms with van der Waals surface area (Å²) in [6, 6.07) is 9.47. The molecule has 27 heavy (non-hydrogen) atoms. The number of aliphatic hydroxyl groups is 1. The number of benzene rings is 2. The van der Waals surface area contributed by atoms with Crippen molar-refractivity contribution in [1.82, 2.24) is 0 Å². The van der Waals surface area contributed by atoms with Gasteiger partial charge in [0.25, 0.3) is 5.91 Å². The lowest BCUT2D eigenvalue weighted by Crippen LogP contribution is -2.50. The van der Waals surface area contributed by atoms with E-state index in [0.29, 0.717) is 11.3 Å². The Hall–Kier alpha value is -3.06. The molecule has 0 spiro atoms. The summed E-state index contributed by atoms with van der Waals surface area (Å²) < 4.78 is 23.6. The van der Waals surface area contributed by atoms with Crippen molar-refractivity contribution in [2.24, 2.45) is 4.99 Å². The number of carbonyl (C=O) groups is 2. The van der Waals surface area contributed by atoms with E-state index in [4.69, 9.17) is 9.47 Å². The molecule has 0 aliphatic carbocycles. The average Bonchev–Trinajstić information content (AvgIpc) is 2.64. The van der Waals surface area contributed by atoms with E-state index in [9.17, 15) is 19.1 Å². The summed E-state index contributed by atoms with van der Waals surface area (Å²) in [4.78, 5) is 28.4. The van der Waals surface area contributed by atoms with Gasteiger partial charge in [0.2, 0.25) is 0 Å². The molecule has 1 unspecified atom stereocenters. The molecule has 2 aromatic carbocycles. The van der Waals surface area contributed by atoms with Gasteiger partial charge >= 0.3 is 5.97 Å². The molecule has 0 fully saturated rings. The Bertz CT molecular complexity index is 934. The monoisotopic (exact) mass is 371 g/mol. The van der Waals surface area contributed by atoms with Crippen LogP contribution in [-0.2, 0) is 4.74 Å². The topological polar surface area (TPSA) is 85.2 Å². The van der Waals surface area contributed by atoms with Crippen molar-refractivity contribution in [1.29, 1.82) is 0 Å². The minimum Gasteiger partial charge on any atom is -0.484 e. The number of aliphatic hydroxyl groups excluding tert-OH is 1. The first-order valence-corrected chi connectivity index (χ1v) is 8.21. The van der Waals surface area contributed by atoms with Crippen LogP contribution in [0.4, 0.5) is 4.39 Å². The highest BCUT2D eigenvalue weighted by Gasteiger charge is 2.41. The second-order valence-corrected chi connectivity index (χ2v) is 6.62. The number of rotatable bonds is 2. The lowest BCUT2D eigenvalue weighted by Gasteiger charge is -2.37. The number of halogens is 1. The Kier molecular flexibility index (Phi) is 4.80. The summed E-state index contributed by atoms with van der Waals surface area (Å²) in [7, 11) is 1.25. The summed E-state index contributed by atoms with van der Waals surface area (Å²) >= 11 is 0. The SMILES string of the molecule is COC(=O)c1ccc2c(c1)/C(=N\C(=O)c1ccc(F)cc1)C(O)C(C)(C)O2. The van der Waals surface area contributed by atoms with Crippen LogP contribution in [-0.4, -0.2) is 41.5 Å². The molecule has 1 atom stereocenters. The van der Waals surface area contributed by atoms with Crippen LogP contribution < -0.4 is 4.74 Å². The number of fused-ring (bicyclic) bond motifs is 1. The van der Waals surface area contributed by atoms with Crippen LogP contribution in [0, 0.1) is 5.82 Å². The van der Waals surface area contributed by atoms with Crippen molar-refractivity contribution >= 4 is 17.6 Å². The highest BCUT2D eigenvalue weighted by molar-refractivity contribution is 6.15. The highest BCUT2D eigenvalue weighted by atomic mass is 19.1. The van der Waals surface area contributed by atoms with Crippen LogP contribution in [0.3, 0.4) is 0 Å². The molecule has 1 aliphatic rings. The molecule has 1 amide bonds. The Morgan fingerprint density at radius 1 is 1.15 bits per heavy atom. The standard InChI is InChI=1S/C20H18FNO5/c1-20(2)17(23)16(22-18(24)11-4-7-13(21)8-5-11)14-10-12(19(25)26-3)6-9-15(14)27-20/h4-10,17,23H,1-3H3/b22-16+. The quantitative estimate of drug-likeness (QED) is 0.821. The first-order valence-electron chi connectivity index (χ1n) is 8.21. The smallest absolute Gasteiger partial charge is 0.337 e. The van der Waals surface area contributed by atoms with E-state index in [0.717, 1.165) is 12.1 Å². The Balaban J connectivity index is 2.11. The Morgan fingerprint density at radius 2 is 1.78 bits per heavy atom. The molecule has 1 aliphatic heterocycles. The predicted octanol–water partition coefficient (Wildman–Crippen LogP) is 2.77. The number of hydrogen-bond donors (Lipinski definition) is 1. The van der Waals surface area contributed by atoms with Crippen LogP contribution >= 0.6 is 0 Å². The maximum atomic E-state index is 13.1. The lowest BCUT2D eigenvalue weighted by molar-refractivity contribution is 0.00214. The molecule has 0 saturated carbocycles. The van der Waals surface area contributed by atoms with Crippen molar-refractivity contribution in [3.8, 4) is 5.75 Å². The van der Waals surface area contributed by atoms with Crippen molar-refractivity contribution in [3.63, 3.8) is 0 Å². The first kappa shape index (κ1) is 18.7. The second kappa shape index (κ2) is 6.92. The van der Waals surface area contributed by atoms with Crippen molar-refractivity contribution < 1.29 is 28.6 Å². The Labute approximate surface area is 155 Å². The van der Waals surface area contributed by atoms with Crippen LogP contribution in [0.1, 0.15) is 40.1 Å². The molecule has 0 bridgehead atoms. The van der Waals surface area contributed by atoms with Gasteiger partial charge in [0.05, 0.1) is 18.4 Å². The molecule has 0 radical (unpaired) electrons. The van der Waals surface area contributed by atoms with Crippen LogP contribution in [0.15, 0.2) is 47.5 Å². The second-order valence-electron chi connectivity index (χ2n) is 6.62. The van der Waals surface area contributed by atoms with Gasteiger partial charge in [0.1, 0.15) is 23.3 Å². The molecule has 0 saturated heterocycles. The van der Waals surface area contributed by atoms with E-state index in [2.05, 4.69) is 4.99 Å². The number of nitrogens with zero attached hydrogens (tertiary/aromatic N) is 1.